The van der Waals surface area contributed by atoms with E-state index in [2.05, 4.69) is 19.2 Å². The van der Waals surface area contributed by atoms with Gasteiger partial charge in [0.05, 0.1) is 16.9 Å². The summed E-state index contributed by atoms with van der Waals surface area (Å²) in [5.74, 6) is -0.984. The van der Waals surface area contributed by atoms with Crippen molar-refractivity contribution in [1.82, 2.24) is 0 Å². The summed E-state index contributed by atoms with van der Waals surface area (Å²) in [5, 5.41) is 12.5. The number of carbonyl (C=O) groups is 1. The van der Waals surface area contributed by atoms with Crippen molar-refractivity contribution in [3.63, 3.8) is 0 Å². The van der Waals surface area contributed by atoms with Gasteiger partial charge in [-0.05, 0) is 30.4 Å². The molecule has 2 rings (SSSR count). The van der Waals surface area contributed by atoms with Crippen LogP contribution in [0.15, 0.2) is 18.2 Å². The van der Waals surface area contributed by atoms with Crippen molar-refractivity contribution in [2.24, 2.45) is 5.41 Å². The van der Waals surface area contributed by atoms with Gasteiger partial charge in [-0.25, -0.2) is 4.79 Å². The van der Waals surface area contributed by atoms with E-state index in [9.17, 15) is 4.79 Å². The third kappa shape index (κ3) is 2.28. The Morgan fingerprint density at radius 1 is 1.50 bits per heavy atom. The molecule has 0 heterocycles. The number of para-hydroxylation sites is 1. The number of carboxylic acids is 1. The van der Waals surface area contributed by atoms with Gasteiger partial charge in [0.1, 0.15) is 0 Å². The van der Waals surface area contributed by atoms with E-state index in [0.29, 0.717) is 11.7 Å². The highest BCUT2D eigenvalue weighted by Gasteiger charge is 2.34. The molecule has 1 aliphatic rings. The Labute approximate surface area is 107 Å². The maximum atomic E-state index is 11.0. The third-order valence-corrected chi connectivity index (χ3v) is 3.92. The molecule has 0 saturated heterocycles. The first-order valence-electron chi connectivity index (χ1n) is 6.30. The molecular formula is C14H20N2O2. The van der Waals surface area contributed by atoms with E-state index < -0.39 is 5.97 Å². The second-order valence-electron chi connectivity index (χ2n) is 5.65. The highest BCUT2D eigenvalue weighted by Crippen LogP contribution is 2.40. The summed E-state index contributed by atoms with van der Waals surface area (Å²) in [7, 11) is 0. The van der Waals surface area contributed by atoms with Crippen LogP contribution in [0.25, 0.3) is 0 Å². The lowest BCUT2D eigenvalue weighted by Crippen LogP contribution is -2.31. The maximum absolute atomic E-state index is 11.0. The highest BCUT2D eigenvalue weighted by molar-refractivity contribution is 5.97. The van der Waals surface area contributed by atoms with Crippen LogP contribution in [-0.2, 0) is 0 Å². The van der Waals surface area contributed by atoms with Crippen LogP contribution in [0.4, 0.5) is 11.4 Å². The molecule has 1 unspecified atom stereocenters. The average molecular weight is 248 g/mol. The van der Waals surface area contributed by atoms with Crippen LogP contribution >= 0.6 is 0 Å². The summed E-state index contributed by atoms with van der Waals surface area (Å²) < 4.78 is 0. The number of nitrogens with two attached hydrogens (primary N) is 1. The summed E-state index contributed by atoms with van der Waals surface area (Å²) in [4.78, 5) is 11.0. The molecule has 0 radical (unpaired) electrons. The Hall–Kier alpha value is -1.71. The number of carboxylic acid groups (broad SMARTS) is 1. The molecule has 98 valence electrons. The second-order valence-corrected chi connectivity index (χ2v) is 5.65. The molecule has 1 aliphatic carbocycles. The van der Waals surface area contributed by atoms with Crippen molar-refractivity contribution in [2.75, 3.05) is 11.1 Å². The minimum absolute atomic E-state index is 0.163. The Bertz CT molecular complexity index is 469. The van der Waals surface area contributed by atoms with Gasteiger partial charge in [-0.3, -0.25) is 0 Å². The molecular weight excluding hydrogens is 228 g/mol. The summed E-state index contributed by atoms with van der Waals surface area (Å²) in [6, 6.07) is 5.45. The fourth-order valence-electron chi connectivity index (χ4n) is 2.66. The van der Waals surface area contributed by atoms with E-state index in [-0.39, 0.29) is 11.0 Å². The summed E-state index contributed by atoms with van der Waals surface area (Å²) >= 11 is 0. The standard InChI is InChI=1S/C14H20N2O2/c1-14(2)8-4-7-11(14)16-10-6-3-5-9(12(10)15)13(17)18/h3,5-6,11,16H,4,7-8,15H2,1-2H3,(H,17,18). The zero-order valence-corrected chi connectivity index (χ0v) is 10.9. The number of aromatic carboxylic acids is 1. The topological polar surface area (TPSA) is 75.3 Å². The third-order valence-electron chi connectivity index (χ3n) is 3.92. The first kappa shape index (κ1) is 12.7. The van der Waals surface area contributed by atoms with Crippen molar-refractivity contribution < 1.29 is 9.90 Å². The van der Waals surface area contributed by atoms with Gasteiger partial charge in [0.25, 0.3) is 0 Å². The first-order valence-corrected chi connectivity index (χ1v) is 6.30. The summed E-state index contributed by atoms with van der Waals surface area (Å²) in [6.45, 7) is 4.46. The molecule has 0 bridgehead atoms. The lowest BCUT2D eigenvalue weighted by molar-refractivity contribution is 0.0698. The van der Waals surface area contributed by atoms with Crippen LogP contribution in [0.2, 0.25) is 0 Å². The number of rotatable bonds is 3. The van der Waals surface area contributed by atoms with E-state index in [4.69, 9.17) is 10.8 Å². The molecule has 0 aromatic heterocycles. The fourth-order valence-corrected chi connectivity index (χ4v) is 2.66. The number of nitrogen functional groups attached to an aromatic ring is 1. The van der Waals surface area contributed by atoms with Crippen LogP contribution in [-0.4, -0.2) is 17.1 Å². The second kappa shape index (κ2) is 4.52. The molecule has 0 aliphatic heterocycles. The van der Waals surface area contributed by atoms with Gasteiger partial charge in [-0.1, -0.05) is 26.3 Å². The Morgan fingerprint density at radius 3 is 2.78 bits per heavy atom. The summed E-state index contributed by atoms with van der Waals surface area (Å²) in [5.41, 5.74) is 7.36. The Morgan fingerprint density at radius 2 is 2.22 bits per heavy atom. The number of hydrogen-bond donors (Lipinski definition) is 3. The Balaban J connectivity index is 2.25. The predicted octanol–water partition coefficient (Wildman–Crippen LogP) is 2.96. The minimum atomic E-state index is -0.984. The average Bonchev–Trinajstić information content (AvgIpc) is 2.61. The lowest BCUT2D eigenvalue weighted by atomic mass is 9.87. The summed E-state index contributed by atoms with van der Waals surface area (Å²) in [6.07, 6.45) is 3.48. The molecule has 4 nitrogen and oxygen atoms in total. The van der Waals surface area contributed by atoms with E-state index in [1.165, 1.54) is 18.9 Å². The minimum Gasteiger partial charge on any atom is -0.478 e. The van der Waals surface area contributed by atoms with Crippen molar-refractivity contribution >= 4 is 17.3 Å². The number of anilines is 2. The first-order chi connectivity index (χ1) is 8.42. The van der Waals surface area contributed by atoms with Gasteiger partial charge in [0, 0.05) is 6.04 Å². The lowest BCUT2D eigenvalue weighted by Gasteiger charge is -2.29. The van der Waals surface area contributed by atoms with Crippen LogP contribution in [0, 0.1) is 5.41 Å². The van der Waals surface area contributed by atoms with Crippen LogP contribution in [0.1, 0.15) is 43.5 Å². The van der Waals surface area contributed by atoms with E-state index in [1.807, 2.05) is 6.07 Å². The Kier molecular flexibility index (Phi) is 3.20. The molecule has 1 fully saturated rings. The van der Waals surface area contributed by atoms with Gasteiger partial charge in [-0.15, -0.1) is 0 Å². The quantitative estimate of drug-likeness (QED) is 0.719. The van der Waals surface area contributed by atoms with Crippen LogP contribution < -0.4 is 11.1 Å². The number of benzene rings is 1. The number of nitrogens with one attached hydrogen (secondary N) is 1. The molecule has 4 N–H and O–H groups in total. The zero-order chi connectivity index (χ0) is 13.3. The van der Waals surface area contributed by atoms with Crippen molar-refractivity contribution in [3.05, 3.63) is 23.8 Å². The zero-order valence-electron chi connectivity index (χ0n) is 10.9. The monoisotopic (exact) mass is 248 g/mol. The van der Waals surface area contributed by atoms with E-state index in [0.717, 1.165) is 12.1 Å². The molecule has 1 saturated carbocycles. The van der Waals surface area contributed by atoms with Crippen molar-refractivity contribution in [2.45, 2.75) is 39.2 Å². The van der Waals surface area contributed by atoms with Gasteiger partial charge >= 0.3 is 5.97 Å². The van der Waals surface area contributed by atoms with Gasteiger partial charge in [0.2, 0.25) is 0 Å². The van der Waals surface area contributed by atoms with Crippen LogP contribution in [0.5, 0.6) is 0 Å². The highest BCUT2D eigenvalue weighted by atomic mass is 16.4. The van der Waals surface area contributed by atoms with Crippen molar-refractivity contribution in [1.29, 1.82) is 0 Å². The van der Waals surface area contributed by atoms with Gasteiger partial charge < -0.3 is 16.2 Å². The predicted molar refractivity (Wildman–Crippen MR) is 72.9 cm³/mol. The molecule has 1 aromatic carbocycles. The molecule has 18 heavy (non-hydrogen) atoms. The van der Waals surface area contributed by atoms with Gasteiger partial charge in [-0.2, -0.15) is 0 Å². The van der Waals surface area contributed by atoms with Crippen LogP contribution in [0.3, 0.4) is 0 Å². The SMILES string of the molecule is CC1(C)CCCC1Nc1cccc(C(=O)O)c1N. The largest absolute Gasteiger partial charge is 0.478 e. The molecule has 4 heteroatoms. The molecule has 0 spiro atoms. The smallest absolute Gasteiger partial charge is 0.337 e. The van der Waals surface area contributed by atoms with Crippen molar-refractivity contribution in [3.8, 4) is 0 Å². The molecule has 1 atom stereocenters. The normalized spacial score (nSPS) is 21.8. The number of hydrogen-bond acceptors (Lipinski definition) is 3. The fraction of sp³-hybridized carbons (Fsp3) is 0.500. The van der Waals surface area contributed by atoms with Gasteiger partial charge in [0.15, 0.2) is 0 Å². The van der Waals surface area contributed by atoms with E-state index >= 15 is 0 Å². The molecule has 0 amide bonds. The van der Waals surface area contributed by atoms with E-state index in [1.54, 1.807) is 6.07 Å². The maximum Gasteiger partial charge on any atom is 0.337 e. The molecule has 1 aromatic rings.